The normalized spacial score (nSPS) is 14.9. The van der Waals surface area contributed by atoms with Gasteiger partial charge in [0.1, 0.15) is 5.82 Å². The van der Waals surface area contributed by atoms with Gasteiger partial charge in [-0.15, -0.1) is 0 Å². The summed E-state index contributed by atoms with van der Waals surface area (Å²) in [7, 11) is 0. The maximum Gasteiger partial charge on any atom is 0.132 e. The monoisotopic (exact) mass is 257 g/mol. The molecule has 0 amide bonds. The Morgan fingerprint density at radius 2 is 2.00 bits per heavy atom. The minimum absolute atomic E-state index is 0.796. The van der Waals surface area contributed by atoms with Crippen LogP contribution in [0.25, 0.3) is 11.1 Å². The lowest BCUT2D eigenvalue weighted by atomic mass is 9.96. The molecule has 0 saturated heterocycles. The molecule has 100 valence electrons. The number of anilines is 1. The Labute approximate surface area is 113 Å². The first kappa shape index (κ1) is 12.2. The van der Waals surface area contributed by atoms with Crippen LogP contribution in [0.1, 0.15) is 25.8 Å². The Kier molecular flexibility index (Phi) is 2.82. The molecule has 0 unspecified atom stereocenters. The average molecular weight is 257 g/mol. The van der Waals surface area contributed by atoms with E-state index >= 15 is 0 Å². The number of hydrogen-bond acceptors (Lipinski definition) is 3. The summed E-state index contributed by atoms with van der Waals surface area (Å²) in [6.45, 7) is 5.57. The second-order valence-electron chi connectivity index (χ2n) is 5.55. The molecule has 2 N–H and O–H groups in total. The Bertz CT molecular complexity index is 578. The molecular weight excluding hydrogens is 238 g/mol. The van der Waals surface area contributed by atoms with Gasteiger partial charge in [-0.3, -0.25) is 0 Å². The Morgan fingerprint density at radius 1 is 1.26 bits per heavy atom. The predicted molar refractivity (Wildman–Crippen MR) is 76.0 cm³/mol. The molecule has 0 aliphatic carbocycles. The summed E-state index contributed by atoms with van der Waals surface area (Å²) in [6.07, 6.45) is 3.03. The third-order valence-corrected chi connectivity index (χ3v) is 3.58. The molecule has 1 aromatic carbocycles. The standard InChI is InChI=1S/C15H19N3O/c1-15(2,19)12-6-4-11(5-7-12)13-10-17-18-9-3-8-16-14(13)18/h4-7,10,16,19H,3,8-9H2,1-2H3. The molecule has 3 rings (SSSR count). The lowest BCUT2D eigenvalue weighted by Gasteiger charge is -2.19. The smallest absolute Gasteiger partial charge is 0.132 e. The molecule has 2 heterocycles. The number of benzene rings is 1. The van der Waals surface area contributed by atoms with Crippen molar-refractivity contribution >= 4 is 5.82 Å². The van der Waals surface area contributed by atoms with Gasteiger partial charge in [0.05, 0.1) is 11.8 Å². The molecule has 0 spiro atoms. The number of hydrogen-bond donors (Lipinski definition) is 2. The molecule has 0 atom stereocenters. The van der Waals surface area contributed by atoms with Crippen molar-refractivity contribution in [1.82, 2.24) is 9.78 Å². The second-order valence-corrected chi connectivity index (χ2v) is 5.55. The summed E-state index contributed by atoms with van der Waals surface area (Å²) in [6, 6.07) is 8.04. The SMILES string of the molecule is CC(C)(O)c1ccc(-c2cnn3c2NCCC3)cc1. The highest BCUT2D eigenvalue weighted by molar-refractivity contribution is 5.75. The number of aliphatic hydroxyl groups is 1. The summed E-state index contributed by atoms with van der Waals surface area (Å²) in [5.74, 6) is 1.10. The van der Waals surface area contributed by atoms with Crippen LogP contribution in [-0.4, -0.2) is 21.4 Å². The van der Waals surface area contributed by atoms with Crippen LogP contribution < -0.4 is 5.32 Å². The summed E-state index contributed by atoms with van der Waals surface area (Å²) < 4.78 is 2.02. The van der Waals surface area contributed by atoms with Crippen molar-refractivity contribution in [2.75, 3.05) is 11.9 Å². The van der Waals surface area contributed by atoms with Crippen LogP contribution in [0.2, 0.25) is 0 Å². The van der Waals surface area contributed by atoms with E-state index in [0.29, 0.717) is 0 Å². The summed E-state index contributed by atoms with van der Waals surface area (Å²) in [5, 5.41) is 17.8. The van der Waals surface area contributed by atoms with E-state index in [1.807, 2.05) is 35.1 Å². The topological polar surface area (TPSA) is 50.1 Å². The minimum Gasteiger partial charge on any atom is -0.386 e. The first-order chi connectivity index (χ1) is 9.05. The van der Waals surface area contributed by atoms with Crippen LogP contribution in [0.5, 0.6) is 0 Å². The van der Waals surface area contributed by atoms with Crippen molar-refractivity contribution in [2.45, 2.75) is 32.4 Å². The van der Waals surface area contributed by atoms with E-state index in [4.69, 9.17) is 0 Å². The molecule has 1 aromatic heterocycles. The molecule has 0 radical (unpaired) electrons. The Hall–Kier alpha value is -1.81. The molecule has 0 bridgehead atoms. The summed E-state index contributed by atoms with van der Waals surface area (Å²) >= 11 is 0. The van der Waals surface area contributed by atoms with Gasteiger partial charge in [0.2, 0.25) is 0 Å². The molecule has 19 heavy (non-hydrogen) atoms. The highest BCUT2D eigenvalue weighted by Gasteiger charge is 2.18. The molecule has 2 aromatic rings. The van der Waals surface area contributed by atoms with E-state index in [9.17, 15) is 5.11 Å². The van der Waals surface area contributed by atoms with Crippen LogP contribution in [0.15, 0.2) is 30.5 Å². The van der Waals surface area contributed by atoms with Crippen LogP contribution in [-0.2, 0) is 12.1 Å². The van der Waals surface area contributed by atoms with E-state index in [0.717, 1.165) is 42.0 Å². The third-order valence-electron chi connectivity index (χ3n) is 3.58. The van der Waals surface area contributed by atoms with Gasteiger partial charge in [0.15, 0.2) is 0 Å². The van der Waals surface area contributed by atoms with Gasteiger partial charge >= 0.3 is 0 Å². The molecule has 1 aliphatic rings. The highest BCUT2D eigenvalue weighted by Crippen LogP contribution is 2.31. The minimum atomic E-state index is -0.796. The zero-order chi connectivity index (χ0) is 13.5. The van der Waals surface area contributed by atoms with E-state index in [-0.39, 0.29) is 0 Å². The predicted octanol–water partition coefficient (Wildman–Crippen LogP) is 2.59. The van der Waals surface area contributed by atoms with Gasteiger partial charge in [0.25, 0.3) is 0 Å². The number of nitrogens with zero attached hydrogens (tertiary/aromatic N) is 2. The van der Waals surface area contributed by atoms with E-state index in [2.05, 4.69) is 10.4 Å². The van der Waals surface area contributed by atoms with Crippen molar-refractivity contribution in [3.05, 3.63) is 36.0 Å². The van der Waals surface area contributed by atoms with Gasteiger partial charge < -0.3 is 10.4 Å². The lowest BCUT2D eigenvalue weighted by molar-refractivity contribution is 0.0786. The first-order valence-corrected chi connectivity index (χ1v) is 6.69. The molecule has 0 fully saturated rings. The van der Waals surface area contributed by atoms with E-state index in [1.54, 1.807) is 13.8 Å². The van der Waals surface area contributed by atoms with Gasteiger partial charge in [-0.05, 0) is 31.4 Å². The number of rotatable bonds is 2. The molecule has 1 aliphatic heterocycles. The Balaban J connectivity index is 1.97. The summed E-state index contributed by atoms with van der Waals surface area (Å²) in [4.78, 5) is 0. The van der Waals surface area contributed by atoms with E-state index in [1.165, 1.54) is 0 Å². The lowest BCUT2D eigenvalue weighted by Crippen LogP contribution is -2.17. The molecule has 4 nitrogen and oxygen atoms in total. The quantitative estimate of drug-likeness (QED) is 0.869. The largest absolute Gasteiger partial charge is 0.386 e. The average Bonchev–Trinajstić information content (AvgIpc) is 2.82. The van der Waals surface area contributed by atoms with Crippen molar-refractivity contribution < 1.29 is 5.11 Å². The van der Waals surface area contributed by atoms with Crippen molar-refractivity contribution in [1.29, 1.82) is 0 Å². The zero-order valence-corrected chi connectivity index (χ0v) is 11.3. The van der Waals surface area contributed by atoms with E-state index < -0.39 is 5.60 Å². The molecular formula is C15H19N3O. The number of fused-ring (bicyclic) bond motifs is 1. The van der Waals surface area contributed by atoms with Gasteiger partial charge in [-0.1, -0.05) is 24.3 Å². The fourth-order valence-electron chi connectivity index (χ4n) is 2.45. The zero-order valence-electron chi connectivity index (χ0n) is 11.3. The van der Waals surface area contributed by atoms with Crippen molar-refractivity contribution in [3.8, 4) is 11.1 Å². The fourth-order valence-corrected chi connectivity index (χ4v) is 2.45. The van der Waals surface area contributed by atoms with Gasteiger partial charge in [0, 0.05) is 18.7 Å². The highest BCUT2D eigenvalue weighted by atomic mass is 16.3. The number of aromatic nitrogens is 2. The third kappa shape index (κ3) is 2.24. The summed E-state index contributed by atoms with van der Waals surface area (Å²) in [5.41, 5.74) is 2.38. The van der Waals surface area contributed by atoms with Crippen LogP contribution in [0.3, 0.4) is 0 Å². The van der Waals surface area contributed by atoms with Crippen molar-refractivity contribution in [3.63, 3.8) is 0 Å². The van der Waals surface area contributed by atoms with Crippen LogP contribution in [0.4, 0.5) is 5.82 Å². The fraction of sp³-hybridized carbons (Fsp3) is 0.400. The maximum atomic E-state index is 9.97. The number of aryl methyl sites for hydroxylation is 1. The Morgan fingerprint density at radius 3 is 2.68 bits per heavy atom. The van der Waals surface area contributed by atoms with Gasteiger partial charge in [-0.25, -0.2) is 4.68 Å². The van der Waals surface area contributed by atoms with Crippen LogP contribution >= 0.6 is 0 Å². The number of nitrogens with one attached hydrogen (secondary N) is 1. The first-order valence-electron chi connectivity index (χ1n) is 6.69. The van der Waals surface area contributed by atoms with Crippen molar-refractivity contribution in [2.24, 2.45) is 0 Å². The molecule has 0 saturated carbocycles. The maximum absolute atomic E-state index is 9.97. The van der Waals surface area contributed by atoms with Crippen LogP contribution in [0, 0.1) is 0 Å². The van der Waals surface area contributed by atoms with Gasteiger partial charge in [-0.2, -0.15) is 5.10 Å². The molecule has 4 heteroatoms. The second kappa shape index (κ2) is 4.38.